The van der Waals surface area contributed by atoms with Crippen molar-refractivity contribution < 1.29 is 19.8 Å². The molecule has 1 aliphatic rings. The Kier molecular flexibility index (Phi) is 7.71. The van der Waals surface area contributed by atoms with Crippen LogP contribution in [0.25, 0.3) is 10.6 Å². The van der Waals surface area contributed by atoms with Crippen molar-refractivity contribution in [1.82, 2.24) is 10.3 Å². The number of aryl methyl sites for hydroxylation is 1. The van der Waals surface area contributed by atoms with E-state index in [1.807, 2.05) is 6.07 Å². The van der Waals surface area contributed by atoms with Crippen LogP contribution in [0.5, 0.6) is 5.75 Å². The third-order valence-electron chi connectivity index (χ3n) is 3.72. The summed E-state index contributed by atoms with van der Waals surface area (Å²) in [7, 11) is 0. The quantitative estimate of drug-likeness (QED) is 0.721. The number of amides is 1. The average Bonchev–Trinajstić information content (AvgIpc) is 3.02. The molecule has 2 aromatic heterocycles. The lowest BCUT2D eigenvalue weighted by molar-refractivity contribution is -0.132. The molecule has 3 N–H and O–H groups in total. The van der Waals surface area contributed by atoms with Gasteiger partial charge in [-0.05, 0) is 36.8 Å². The molecular weight excluding hydrogens is 376 g/mol. The Morgan fingerprint density at radius 1 is 1.21 bits per heavy atom. The number of carboxylic acids is 1. The molecule has 0 atom stereocenters. The second kappa shape index (κ2) is 10.2. The van der Waals surface area contributed by atoms with Gasteiger partial charge in [0.05, 0.1) is 22.3 Å². The van der Waals surface area contributed by atoms with Gasteiger partial charge in [-0.3, -0.25) is 9.78 Å². The van der Waals surface area contributed by atoms with Gasteiger partial charge in [-0.1, -0.05) is 25.2 Å². The van der Waals surface area contributed by atoms with Crippen LogP contribution in [0.1, 0.15) is 25.1 Å². The number of hydrogen-bond acceptors (Lipinski definition) is 5. The van der Waals surface area contributed by atoms with Gasteiger partial charge in [0, 0.05) is 23.9 Å². The van der Waals surface area contributed by atoms with E-state index in [2.05, 4.69) is 29.4 Å². The molecule has 6 nitrogen and oxygen atoms in total. The summed E-state index contributed by atoms with van der Waals surface area (Å²) < 4.78 is 0. The summed E-state index contributed by atoms with van der Waals surface area (Å²) in [4.78, 5) is 28.3. The maximum Gasteiger partial charge on any atom is 0.337 e. The van der Waals surface area contributed by atoms with Gasteiger partial charge >= 0.3 is 5.97 Å². The van der Waals surface area contributed by atoms with Gasteiger partial charge in [-0.25, -0.2) is 4.79 Å². The van der Waals surface area contributed by atoms with E-state index in [1.165, 1.54) is 24.1 Å². The first-order valence-electron chi connectivity index (χ1n) is 8.72. The molecule has 2 heterocycles. The van der Waals surface area contributed by atoms with Crippen LogP contribution in [0.2, 0.25) is 0 Å². The maximum atomic E-state index is 10.8. The number of carbonyl (C=O) groups excluding carboxylic acids is 1. The van der Waals surface area contributed by atoms with Crippen LogP contribution in [-0.4, -0.2) is 27.1 Å². The number of aromatic hydroxyl groups is 1. The minimum atomic E-state index is -1.03. The van der Waals surface area contributed by atoms with E-state index in [0.29, 0.717) is 12.1 Å². The number of nitrogens with one attached hydrogen (secondary N) is 1. The number of carboxylic acid groups (broad SMARTS) is 1. The smallest absolute Gasteiger partial charge is 0.337 e. The monoisotopic (exact) mass is 398 g/mol. The van der Waals surface area contributed by atoms with E-state index >= 15 is 0 Å². The third kappa shape index (κ3) is 6.21. The molecule has 0 aliphatic heterocycles. The summed E-state index contributed by atoms with van der Waals surface area (Å²) in [6.45, 7) is 3.49. The number of thiophene rings is 1. The number of rotatable bonds is 4. The molecule has 0 saturated heterocycles. The molecule has 0 spiro atoms. The molecule has 28 heavy (non-hydrogen) atoms. The van der Waals surface area contributed by atoms with Crippen molar-refractivity contribution in [3.05, 3.63) is 70.9 Å². The first-order chi connectivity index (χ1) is 13.4. The first kappa shape index (κ1) is 21.1. The zero-order valence-electron chi connectivity index (χ0n) is 15.7. The topological polar surface area (TPSA) is 99.5 Å². The summed E-state index contributed by atoms with van der Waals surface area (Å²) >= 11 is 1.75. The Morgan fingerprint density at radius 2 is 2.00 bits per heavy atom. The van der Waals surface area contributed by atoms with Crippen LogP contribution in [0.4, 0.5) is 0 Å². The fourth-order valence-electron chi connectivity index (χ4n) is 2.40. The van der Waals surface area contributed by atoms with Crippen molar-refractivity contribution in [2.24, 2.45) is 0 Å². The molecule has 2 aromatic rings. The highest BCUT2D eigenvalue weighted by molar-refractivity contribution is 7.15. The maximum absolute atomic E-state index is 10.8. The lowest BCUT2D eigenvalue weighted by Crippen LogP contribution is -2.22. The van der Waals surface area contributed by atoms with E-state index < -0.39 is 5.97 Å². The molecule has 0 aromatic carbocycles. The van der Waals surface area contributed by atoms with Crippen molar-refractivity contribution >= 4 is 23.2 Å². The van der Waals surface area contributed by atoms with Crippen LogP contribution >= 0.6 is 11.3 Å². The van der Waals surface area contributed by atoms with Gasteiger partial charge in [0.25, 0.3) is 0 Å². The van der Waals surface area contributed by atoms with E-state index in [-0.39, 0.29) is 17.2 Å². The fraction of sp³-hybridized carbons (Fsp3) is 0.190. The molecule has 1 aliphatic carbocycles. The van der Waals surface area contributed by atoms with Gasteiger partial charge in [0.1, 0.15) is 5.75 Å². The minimum absolute atomic E-state index is 0.130. The van der Waals surface area contributed by atoms with Gasteiger partial charge in [0.15, 0.2) is 0 Å². The Morgan fingerprint density at radius 3 is 2.57 bits per heavy atom. The molecular formula is C21H22N2O4S. The predicted molar refractivity (Wildman–Crippen MR) is 110 cm³/mol. The number of pyridine rings is 1. The van der Waals surface area contributed by atoms with Gasteiger partial charge < -0.3 is 15.5 Å². The molecule has 146 valence electrons. The van der Waals surface area contributed by atoms with E-state index in [0.717, 1.165) is 17.0 Å². The second-order valence-electron chi connectivity index (χ2n) is 5.89. The van der Waals surface area contributed by atoms with Gasteiger partial charge in [-0.15, -0.1) is 11.3 Å². The zero-order chi connectivity index (χ0) is 20.5. The fourth-order valence-corrected chi connectivity index (χ4v) is 3.32. The Labute approximate surface area is 167 Å². The van der Waals surface area contributed by atoms with Crippen molar-refractivity contribution in [3.8, 4) is 16.3 Å². The third-order valence-corrected chi connectivity index (χ3v) is 4.98. The zero-order valence-corrected chi connectivity index (χ0v) is 16.5. The normalized spacial score (nSPS) is 12.8. The molecule has 0 radical (unpaired) electrons. The molecule has 1 amide bonds. The van der Waals surface area contributed by atoms with Crippen molar-refractivity contribution in [3.63, 3.8) is 0 Å². The van der Waals surface area contributed by atoms with Crippen molar-refractivity contribution in [2.75, 3.05) is 0 Å². The lowest BCUT2D eigenvalue weighted by atomic mass is 10.1. The summed E-state index contributed by atoms with van der Waals surface area (Å²) in [6, 6.07) is 7.69. The van der Waals surface area contributed by atoms with E-state index in [1.54, 1.807) is 35.6 Å². The second-order valence-corrected chi connectivity index (χ2v) is 7.06. The average molecular weight is 398 g/mol. The Balaban J connectivity index is 0.000000200. The standard InChI is InChI=1S/C11H11NOS.C10H11NO3/c1-2-9-4-6-11(14-9)10-5-3-8(13)7-12-10;1-7(12)11-9-6-4-2-3-5-8(9)10(13)14/h3-7,13H,2H2,1H3;2-5H,6H2,1H3,(H,11,12)(H,13,14). The number of aliphatic carboxylic acids is 1. The van der Waals surface area contributed by atoms with Gasteiger partial charge in [-0.2, -0.15) is 0 Å². The van der Waals surface area contributed by atoms with E-state index in [4.69, 9.17) is 10.2 Å². The Bertz CT molecular complexity index is 924. The molecule has 0 bridgehead atoms. The summed E-state index contributed by atoms with van der Waals surface area (Å²) in [5.41, 5.74) is 1.48. The van der Waals surface area contributed by atoms with Crippen molar-refractivity contribution in [1.29, 1.82) is 0 Å². The summed E-state index contributed by atoms with van der Waals surface area (Å²) in [5.74, 6) is -1.09. The van der Waals surface area contributed by atoms with Crippen LogP contribution in [0.3, 0.4) is 0 Å². The minimum Gasteiger partial charge on any atom is -0.506 e. The molecule has 0 unspecified atom stereocenters. The lowest BCUT2D eigenvalue weighted by Gasteiger charge is -2.07. The van der Waals surface area contributed by atoms with Crippen molar-refractivity contribution in [2.45, 2.75) is 26.7 Å². The van der Waals surface area contributed by atoms with E-state index in [9.17, 15) is 9.59 Å². The molecule has 0 fully saturated rings. The highest BCUT2D eigenvalue weighted by Gasteiger charge is 2.12. The first-order valence-corrected chi connectivity index (χ1v) is 9.53. The van der Waals surface area contributed by atoms with Crippen LogP contribution in [0, 0.1) is 0 Å². The molecule has 0 saturated carbocycles. The number of nitrogens with zero attached hydrogens (tertiary/aromatic N) is 1. The summed E-state index contributed by atoms with van der Waals surface area (Å²) in [5, 5.41) is 20.5. The highest BCUT2D eigenvalue weighted by atomic mass is 32.1. The van der Waals surface area contributed by atoms with Crippen LogP contribution in [-0.2, 0) is 16.0 Å². The SMILES string of the molecule is CC(=O)NC1=C(C(=O)O)C=CC=CC1.CCc1ccc(-c2ccc(O)cn2)s1. The number of aromatic nitrogens is 1. The number of hydrogen-bond donors (Lipinski definition) is 3. The number of allylic oxidation sites excluding steroid dienone is 3. The van der Waals surface area contributed by atoms with Crippen LogP contribution < -0.4 is 5.32 Å². The molecule has 3 rings (SSSR count). The number of carbonyl (C=O) groups is 2. The van der Waals surface area contributed by atoms with Crippen LogP contribution in [0.15, 0.2) is 66.0 Å². The predicted octanol–water partition coefficient (Wildman–Crippen LogP) is 4.06. The molecule has 7 heteroatoms. The largest absolute Gasteiger partial charge is 0.506 e. The van der Waals surface area contributed by atoms with Gasteiger partial charge in [0.2, 0.25) is 5.91 Å². The Hall–Kier alpha value is -3.19. The summed E-state index contributed by atoms with van der Waals surface area (Å²) in [6.07, 6.45) is 9.60. The highest BCUT2D eigenvalue weighted by Crippen LogP contribution is 2.27.